The van der Waals surface area contributed by atoms with Crippen LogP contribution < -0.4 is 0 Å². The van der Waals surface area contributed by atoms with Crippen LogP contribution in [-0.4, -0.2) is 34.4 Å². The molecule has 0 unspecified atom stereocenters. The molecule has 0 aromatic heterocycles. The minimum Gasteiger partial charge on any atom is -0.507 e. The second-order valence-electron chi connectivity index (χ2n) is 5.74. The first kappa shape index (κ1) is 18.0. The second-order valence-corrected chi connectivity index (χ2v) is 5.74. The number of carbonyl (C=O) groups is 2. The van der Waals surface area contributed by atoms with E-state index in [1.807, 2.05) is 0 Å². The Labute approximate surface area is 154 Å². The van der Waals surface area contributed by atoms with E-state index >= 15 is 0 Å². The summed E-state index contributed by atoms with van der Waals surface area (Å²) in [4.78, 5) is 23.8. The van der Waals surface area contributed by atoms with Crippen molar-refractivity contribution in [3.8, 4) is 33.8 Å². The van der Waals surface area contributed by atoms with Gasteiger partial charge in [-0.15, -0.1) is 0 Å². The number of benzene rings is 3. The smallest absolute Gasteiger partial charge is 0.338 e. The Hall–Kier alpha value is -3.80. The Morgan fingerprint density at radius 1 is 0.741 bits per heavy atom. The highest BCUT2D eigenvalue weighted by molar-refractivity contribution is 6.05. The van der Waals surface area contributed by atoms with Crippen molar-refractivity contribution in [1.82, 2.24) is 0 Å². The molecule has 6 nitrogen and oxygen atoms in total. The Bertz CT molecular complexity index is 1040. The number of rotatable bonds is 4. The molecule has 3 rings (SSSR count). The predicted octanol–water partition coefficient (Wildman–Crippen LogP) is 3.92. The number of esters is 1. The molecule has 27 heavy (non-hydrogen) atoms. The van der Waals surface area contributed by atoms with Crippen LogP contribution in [0.15, 0.2) is 60.7 Å². The van der Waals surface area contributed by atoms with Crippen molar-refractivity contribution in [1.29, 1.82) is 0 Å². The van der Waals surface area contributed by atoms with Gasteiger partial charge in [0, 0.05) is 22.3 Å². The maximum Gasteiger partial charge on any atom is 0.338 e. The van der Waals surface area contributed by atoms with Crippen LogP contribution in [0.2, 0.25) is 0 Å². The lowest BCUT2D eigenvalue weighted by atomic mass is 9.88. The molecule has 0 saturated heterocycles. The highest BCUT2D eigenvalue weighted by atomic mass is 16.5. The van der Waals surface area contributed by atoms with Gasteiger partial charge in [0.15, 0.2) is 0 Å². The number of carbonyl (C=O) groups excluding carboxylic acids is 1. The summed E-state index contributed by atoms with van der Waals surface area (Å²) in [7, 11) is 1.24. The zero-order valence-corrected chi connectivity index (χ0v) is 14.3. The lowest BCUT2D eigenvalue weighted by Gasteiger charge is -2.17. The van der Waals surface area contributed by atoms with Crippen LogP contribution in [0.25, 0.3) is 22.3 Å². The van der Waals surface area contributed by atoms with Crippen LogP contribution >= 0.6 is 0 Å². The van der Waals surface area contributed by atoms with E-state index in [0.29, 0.717) is 5.56 Å². The first-order valence-electron chi connectivity index (χ1n) is 8.01. The average molecular weight is 364 g/mol. The van der Waals surface area contributed by atoms with Crippen LogP contribution in [0.1, 0.15) is 20.7 Å². The molecule has 136 valence electrons. The monoisotopic (exact) mass is 364 g/mol. The zero-order valence-electron chi connectivity index (χ0n) is 14.3. The summed E-state index contributed by atoms with van der Waals surface area (Å²) >= 11 is 0. The van der Waals surface area contributed by atoms with E-state index in [-0.39, 0.29) is 39.3 Å². The highest BCUT2D eigenvalue weighted by Gasteiger charge is 2.24. The summed E-state index contributed by atoms with van der Waals surface area (Å²) in [5.41, 5.74) is 0.917. The molecule has 0 heterocycles. The Morgan fingerprint density at radius 2 is 1.19 bits per heavy atom. The summed E-state index contributed by atoms with van der Waals surface area (Å²) < 4.78 is 4.80. The number of carboxylic acid groups (broad SMARTS) is 1. The number of phenolic OH excluding ortho intramolecular Hbond substituents is 2. The van der Waals surface area contributed by atoms with Gasteiger partial charge in [-0.05, 0) is 24.3 Å². The Balaban J connectivity index is 2.41. The molecular formula is C21H16O6. The largest absolute Gasteiger partial charge is 0.507 e. The minimum atomic E-state index is -1.18. The van der Waals surface area contributed by atoms with Crippen molar-refractivity contribution in [3.05, 3.63) is 71.8 Å². The molecule has 3 aromatic rings. The number of aromatic carboxylic acids is 1. The van der Waals surface area contributed by atoms with Crippen molar-refractivity contribution in [3.63, 3.8) is 0 Å². The van der Waals surface area contributed by atoms with Crippen LogP contribution in [0.3, 0.4) is 0 Å². The van der Waals surface area contributed by atoms with E-state index in [1.54, 1.807) is 30.3 Å². The Kier molecular flexibility index (Phi) is 4.81. The fraction of sp³-hybridized carbons (Fsp3) is 0.0476. The average Bonchev–Trinajstić information content (AvgIpc) is 2.69. The van der Waals surface area contributed by atoms with E-state index in [0.717, 1.165) is 0 Å². The molecule has 3 aromatic carbocycles. The third-order valence-electron chi connectivity index (χ3n) is 4.19. The molecule has 6 heteroatoms. The molecule has 3 N–H and O–H groups in total. The first-order chi connectivity index (χ1) is 13.0. The molecule has 0 bridgehead atoms. The van der Waals surface area contributed by atoms with Gasteiger partial charge in [-0.3, -0.25) is 0 Å². The van der Waals surface area contributed by atoms with Gasteiger partial charge in [0.25, 0.3) is 0 Å². The third-order valence-corrected chi connectivity index (χ3v) is 4.19. The first-order valence-corrected chi connectivity index (χ1v) is 8.01. The summed E-state index contributed by atoms with van der Waals surface area (Å²) in [5, 5.41) is 30.5. The number of aromatic hydroxyl groups is 2. The molecule has 0 amide bonds. The summed E-state index contributed by atoms with van der Waals surface area (Å²) in [6.45, 7) is 0. The van der Waals surface area contributed by atoms with E-state index < -0.39 is 11.9 Å². The number of carboxylic acids is 1. The summed E-state index contributed by atoms with van der Waals surface area (Å²) in [5.74, 6) is -2.23. The van der Waals surface area contributed by atoms with Gasteiger partial charge < -0.3 is 20.1 Å². The maximum atomic E-state index is 12.2. The molecule has 0 aliphatic carbocycles. The number of methoxy groups -OCH3 is 1. The van der Waals surface area contributed by atoms with Gasteiger partial charge in [0.2, 0.25) is 0 Å². The van der Waals surface area contributed by atoms with E-state index in [4.69, 9.17) is 4.74 Å². The molecule has 0 spiro atoms. The molecule has 0 saturated carbocycles. The van der Waals surface area contributed by atoms with Crippen LogP contribution in [-0.2, 0) is 4.74 Å². The fourth-order valence-corrected chi connectivity index (χ4v) is 3.00. The molecule has 0 radical (unpaired) electrons. The van der Waals surface area contributed by atoms with Gasteiger partial charge in [0.1, 0.15) is 11.5 Å². The molecule has 0 atom stereocenters. The predicted molar refractivity (Wildman–Crippen MR) is 98.9 cm³/mol. The lowest BCUT2D eigenvalue weighted by Crippen LogP contribution is -2.05. The van der Waals surface area contributed by atoms with Crippen LogP contribution in [0.5, 0.6) is 11.5 Å². The second kappa shape index (κ2) is 7.21. The van der Waals surface area contributed by atoms with E-state index in [9.17, 15) is 24.9 Å². The van der Waals surface area contributed by atoms with Gasteiger partial charge in [-0.2, -0.15) is 0 Å². The molecule has 0 fully saturated rings. The van der Waals surface area contributed by atoms with Crippen LogP contribution in [0.4, 0.5) is 0 Å². The fourth-order valence-electron chi connectivity index (χ4n) is 3.00. The van der Waals surface area contributed by atoms with Gasteiger partial charge >= 0.3 is 11.9 Å². The standard InChI is InChI=1S/C21H16O6/c1-27-21(26)15-9-5-3-7-13(15)19-17(23)11-10-16(22)18(19)12-6-2-4-8-14(12)20(24)25/h2-11,22-23H,1H3,(H,24,25). The number of hydrogen-bond donors (Lipinski definition) is 3. The molecule has 0 aliphatic rings. The normalized spacial score (nSPS) is 10.4. The molecule has 0 aliphatic heterocycles. The van der Waals surface area contributed by atoms with Crippen molar-refractivity contribution >= 4 is 11.9 Å². The highest BCUT2D eigenvalue weighted by Crippen LogP contribution is 2.46. The quantitative estimate of drug-likeness (QED) is 0.479. The third kappa shape index (κ3) is 3.20. The summed E-state index contributed by atoms with van der Waals surface area (Å²) in [6, 6.07) is 15.1. The minimum absolute atomic E-state index is 0.0461. The number of hydrogen-bond acceptors (Lipinski definition) is 5. The van der Waals surface area contributed by atoms with Crippen molar-refractivity contribution in [2.75, 3.05) is 7.11 Å². The van der Waals surface area contributed by atoms with E-state index in [2.05, 4.69) is 0 Å². The van der Waals surface area contributed by atoms with Gasteiger partial charge in [-0.1, -0.05) is 36.4 Å². The topological polar surface area (TPSA) is 104 Å². The number of phenols is 2. The zero-order chi connectivity index (χ0) is 19.6. The Morgan fingerprint density at radius 3 is 1.67 bits per heavy atom. The number of ether oxygens (including phenoxy) is 1. The summed E-state index contributed by atoms with van der Waals surface area (Å²) in [6.07, 6.45) is 0. The maximum absolute atomic E-state index is 12.2. The van der Waals surface area contributed by atoms with Crippen LogP contribution in [0, 0.1) is 0 Å². The van der Waals surface area contributed by atoms with Crippen molar-refractivity contribution < 1.29 is 29.6 Å². The van der Waals surface area contributed by atoms with Gasteiger partial charge in [-0.25, -0.2) is 9.59 Å². The van der Waals surface area contributed by atoms with Gasteiger partial charge in [0.05, 0.1) is 18.2 Å². The SMILES string of the molecule is COC(=O)c1ccccc1-c1c(O)ccc(O)c1-c1ccccc1C(=O)O. The lowest BCUT2D eigenvalue weighted by molar-refractivity contribution is 0.0600. The van der Waals surface area contributed by atoms with E-state index in [1.165, 1.54) is 37.4 Å². The van der Waals surface area contributed by atoms with Crippen molar-refractivity contribution in [2.24, 2.45) is 0 Å². The van der Waals surface area contributed by atoms with Crippen molar-refractivity contribution in [2.45, 2.75) is 0 Å². The molecular weight excluding hydrogens is 348 g/mol.